The Bertz CT molecular complexity index is 229. The van der Waals surface area contributed by atoms with Crippen LogP contribution < -0.4 is 10.6 Å². The minimum absolute atomic E-state index is 0.175. The monoisotopic (exact) mass is 226 g/mol. The molecule has 0 radical (unpaired) electrons. The van der Waals surface area contributed by atoms with Crippen molar-refractivity contribution in [2.45, 2.75) is 38.1 Å². The van der Waals surface area contributed by atoms with Gasteiger partial charge in [0.2, 0.25) is 5.91 Å². The predicted octanol–water partition coefficient (Wildman–Crippen LogP) is 0.671. The van der Waals surface area contributed by atoms with E-state index in [2.05, 4.69) is 10.6 Å². The minimum Gasteiger partial charge on any atom is -0.380 e. The molecule has 92 valence electrons. The third-order valence-electron chi connectivity index (χ3n) is 3.21. The molecule has 16 heavy (non-hydrogen) atoms. The minimum atomic E-state index is 0.175. The van der Waals surface area contributed by atoms with Crippen molar-refractivity contribution < 1.29 is 9.53 Å². The van der Waals surface area contributed by atoms with E-state index in [4.69, 9.17) is 4.74 Å². The number of hydrogen-bond acceptors (Lipinski definition) is 3. The van der Waals surface area contributed by atoms with Gasteiger partial charge in [-0.2, -0.15) is 0 Å². The van der Waals surface area contributed by atoms with E-state index in [-0.39, 0.29) is 5.91 Å². The summed E-state index contributed by atoms with van der Waals surface area (Å²) >= 11 is 0. The van der Waals surface area contributed by atoms with Gasteiger partial charge in [-0.3, -0.25) is 4.79 Å². The Kier molecular flexibility index (Phi) is 4.60. The first-order valence-electron chi connectivity index (χ1n) is 6.42. The summed E-state index contributed by atoms with van der Waals surface area (Å²) in [6.45, 7) is 3.39. The van der Waals surface area contributed by atoms with Crippen molar-refractivity contribution >= 4 is 5.91 Å². The Hall–Kier alpha value is -0.610. The summed E-state index contributed by atoms with van der Waals surface area (Å²) in [6, 6.07) is 0.340. The lowest BCUT2D eigenvalue weighted by molar-refractivity contribution is -0.121. The van der Waals surface area contributed by atoms with Crippen LogP contribution in [-0.4, -0.2) is 38.3 Å². The Morgan fingerprint density at radius 2 is 2.25 bits per heavy atom. The lowest BCUT2D eigenvalue weighted by Crippen LogP contribution is -2.34. The molecule has 4 nitrogen and oxygen atoms in total. The molecule has 1 amide bonds. The molecule has 2 aliphatic rings. The van der Waals surface area contributed by atoms with Gasteiger partial charge in [-0.15, -0.1) is 0 Å². The quantitative estimate of drug-likeness (QED) is 0.655. The molecule has 0 spiro atoms. The summed E-state index contributed by atoms with van der Waals surface area (Å²) in [5.74, 6) is 1.01. The van der Waals surface area contributed by atoms with Crippen LogP contribution in [-0.2, 0) is 9.53 Å². The van der Waals surface area contributed by atoms with Crippen LogP contribution in [0.25, 0.3) is 0 Å². The largest absolute Gasteiger partial charge is 0.380 e. The second kappa shape index (κ2) is 6.21. The van der Waals surface area contributed by atoms with E-state index in [1.54, 1.807) is 0 Å². The van der Waals surface area contributed by atoms with Crippen molar-refractivity contribution in [1.82, 2.24) is 10.6 Å². The summed E-state index contributed by atoms with van der Waals surface area (Å²) in [6.07, 6.45) is 5.46. The van der Waals surface area contributed by atoms with Crippen LogP contribution in [0.4, 0.5) is 0 Å². The molecular weight excluding hydrogens is 204 g/mol. The van der Waals surface area contributed by atoms with Crippen molar-refractivity contribution in [3.05, 3.63) is 0 Å². The van der Waals surface area contributed by atoms with Gasteiger partial charge in [-0.05, 0) is 31.6 Å². The molecule has 0 aromatic heterocycles. The highest BCUT2D eigenvalue weighted by Gasteiger charge is 2.21. The van der Waals surface area contributed by atoms with E-state index in [0.29, 0.717) is 12.5 Å². The van der Waals surface area contributed by atoms with Crippen LogP contribution in [0.5, 0.6) is 0 Å². The molecule has 1 saturated heterocycles. The molecule has 4 heteroatoms. The number of carbonyl (C=O) groups excluding carboxylic acids is 1. The molecule has 2 rings (SSSR count). The molecule has 0 aromatic carbocycles. The number of hydrogen-bond donors (Lipinski definition) is 2. The van der Waals surface area contributed by atoms with Gasteiger partial charge < -0.3 is 15.4 Å². The van der Waals surface area contributed by atoms with Crippen molar-refractivity contribution in [3.8, 4) is 0 Å². The molecule has 2 fully saturated rings. The number of nitrogens with one attached hydrogen (secondary N) is 2. The van der Waals surface area contributed by atoms with Gasteiger partial charge in [-0.1, -0.05) is 0 Å². The van der Waals surface area contributed by atoms with Gasteiger partial charge in [0.15, 0.2) is 0 Å². The van der Waals surface area contributed by atoms with Crippen LogP contribution in [0.15, 0.2) is 0 Å². The van der Waals surface area contributed by atoms with Crippen LogP contribution in [0.2, 0.25) is 0 Å². The molecule has 1 unspecified atom stereocenters. The Morgan fingerprint density at radius 3 is 3.06 bits per heavy atom. The zero-order valence-electron chi connectivity index (χ0n) is 9.84. The van der Waals surface area contributed by atoms with Crippen LogP contribution in [0.3, 0.4) is 0 Å². The van der Waals surface area contributed by atoms with E-state index in [1.165, 1.54) is 12.8 Å². The van der Waals surface area contributed by atoms with Gasteiger partial charge in [0.05, 0.1) is 6.61 Å². The van der Waals surface area contributed by atoms with Crippen LogP contribution >= 0.6 is 0 Å². The first-order chi connectivity index (χ1) is 7.84. The fraction of sp³-hybridized carbons (Fsp3) is 0.917. The molecule has 1 aliphatic heterocycles. The maximum absolute atomic E-state index is 11.3. The maximum atomic E-state index is 11.3. The SMILES string of the molecule is O=C1CC(NCCOCC2CC2)CCCN1. The highest BCUT2D eigenvalue weighted by atomic mass is 16.5. The second-order valence-corrected chi connectivity index (χ2v) is 4.87. The average molecular weight is 226 g/mol. The summed E-state index contributed by atoms with van der Waals surface area (Å²) in [4.78, 5) is 11.3. The first kappa shape index (κ1) is 11.9. The van der Waals surface area contributed by atoms with E-state index >= 15 is 0 Å². The van der Waals surface area contributed by atoms with E-state index in [9.17, 15) is 4.79 Å². The van der Waals surface area contributed by atoms with Crippen molar-refractivity contribution in [2.75, 3.05) is 26.3 Å². The molecule has 1 heterocycles. The third-order valence-corrected chi connectivity index (χ3v) is 3.21. The second-order valence-electron chi connectivity index (χ2n) is 4.87. The van der Waals surface area contributed by atoms with Crippen molar-refractivity contribution in [2.24, 2.45) is 5.92 Å². The Labute approximate surface area is 97.1 Å². The first-order valence-corrected chi connectivity index (χ1v) is 6.42. The van der Waals surface area contributed by atoms with Gasteiger partial charge in [-0.25, -0.2) is 0 Å². The maximum Gasteiger partial charge on any atom is 0.221 e. The summed E-state index contributed by atoms with van der Waals surface area (Å²) in [5.41, 5.74) is 0. The molecule has 1 saturated carbocycles. The summed E-state index contributed by atoms with van der Waals surface area (Å²) < 4.78 is 5.54. The zero-order valence-corrected chi connectivity index (χ0v) is 9.84. The molecule has 1 aliphatic carbocycles. The van der Waals surface area contributed by atoms with Gasteiger partial charge in [0.25, 0.3) is 0 Å². The fourth-order valence-electron chi connectivity index (χ4n) is 2.02. The molecule has 0 aromatic rings. The lowest BCUT2D eigenvalue weighted by atomic mass is 10.1. The third kappa shape index (κ3) is 4.49. The topological polar surface area (TPSA) is 50.4 Å². The number of amides is 1. The highest BCUT2D eigenvalue weighted by molar-refractivity contribution is 5.76. The van der Waals surface area contributed by atoms with Crippen LogP contribution in [0.1, 0.15) is 32.1 Å². The fourth-order valence-corrected chi connectivity index (χ4v) is 2.02. The van der Waals surface area contributed by atoms with Gasteiger partial charge in [0.1, 0.15) is 0 Å². The standard InChI is InChI=1S/C12H22N2O2/c15-12-8-11(2-1-5-14-12)13-6-7-16-9-10-3-4-10/h10-11,13H,1-9H2,(H,14,15). The van der Waals surface area contributed by atoms with E-state index in [1.807, 2.05) is 0 Å². The molecule has 1 atom stereocenters. The molecule has 0 bridgehead atoms. The van der Waals surface area contributed by atoms with Gasteiger partial charge in [0, 0.05) is 32.2 Å². The average Bonchev–Trinajstić information content (AvgIpc) is 3.06. The van der Waals surface area contributed by atoms with Crippen LogP contribution in [0, 0.1) is 5.92 Å². The number of ether oxygens (including phenoxy) is 1. The van der Waals surface area contributed by atoms with Crippen molar-refractivity contribution in [3.63, 3.8) is 0 Å². The van der Waals surface area contributed by atoms with Crippen molar-refractivity contribution in [1.29, 1.82) is 0 Å². The number of rotatable bonds is 6. The lowest BCUT2D eigenvalue weighted by Gasteiger charge is -2.14. The summed E-state index contributed by atoms with van der Waals surface area (Å²) in [5, 5.41) is 6.29. The zero-order chi connectivity index (χ0) is 11.2. The highest BCUT2D eigenvalue weighted by Crippen LogP contribution is 2.28. The Balaban J connectivity index is 1.51. The predicted molar refractivity (Wildman–Crippen MR) is 62.2 cm³/mol. The van der Waals surface area contributed by atoms with E-state index < -0.39 is 0 Å². The number of carbonyl (C=O) groups is 1. The Morgan fingerprint density at radius 1 is 1.38 bits per heavy atom. The molecule has 2 N–H and O–H groups in total. The summed E-state index contributed by atoms with van der Waals surface area (Å²) in [7, 11) is 0. The van der Waals surface area contributed by atoms with Gasteiger partial charge >= 0.3 is 0 Å². The normalized spacial score (nSPS) is 26.2. The smallest absolute Gasteiger partial charge is 0.221 e. The van der Waals surface area contributed by atoms with E-state index in [0.717, 1.165) is 45.1 Å². The molecular formula is C12H22N2O2.